The first-order chi connectivity index (χ1) is 9.29. The van der Waals surface area contributed by atoms with Crippen LogP contribution in [0.4, 0.5) is 5.69 Å². The highest BCUT2D eigenvalue weighted by Gasteiger charge is 2.07. The third kappa shape index (κ3) is 3.12. The van der Waals surface area contributed by atoms with Gasteiger partial charge in [-0.05, 0) is 36.5 Å². The first-order valence-corrected chi connectivity index (χ1v) is 8.12. The van der Waals surface area contributed by atoms with Crippen LogP contribution < -0.4 is 5.14 Å². The van der Waals surface area contributed by atoms with E-state index in [2.05, 4.69) is 4.99 Å². The molecule has 1 heterocycles. The summed E-state index contributed by atoms with van der Waals surface area (Å²) in [5.74, 6) is 0.0462. The maximum Gasteiger partial charge on any atom is 0.238 e. The molecule has 0 saturated carbocycles. The minimum atomic E-state index is -3.70. The Kier molecular flexibility index (Phi) is 4.04. The van der Waals surface area contributed by atoms with Gasteiger partial charge in [-0.1, -0.05) is 11.3 Å². The van der Waals surface area contributed by atoms with E-state index in [-0.39, 0.29) is 10.8 Å². The molecule has 2 rings (SSSR count). The van der Waals surface area contributed by atoms with Crippen molar-refractivity contribution in [2.75, 3.05) is 0 Å². The molecule has 0 atom stereocenters. The summed E-state index contributed by atoms with van der Waals surface area (Å²) in [6.45, 7) is 0. The minimum Gasteiger partial charge on any atom is -0.493 e. The van der Waals surface area contributed by atoms with Crippen LogP contribution in [0.1, 0.15) is 4.88 Å². The van der Waals surface area contributed by atoms with Gasteiger partial charge in [0.25, 0.3) is 0 Å². The molecular weight excluding hydrogens is 318 g/mol. The second-order valence-corrected chi connectivity index (χ2v) is 7.15. The lowest BCUT2D eigenvalue weighted by Crippen LogP contribution is -2.11. The van der Waals surface area contributed by atoms with Crippen LogP contribution in [-0.2, 0) is 17.1 Å². The lowest BCUT2D eigenvalue weighted by atomic mass is 10.3. The number of nitrogens with two attached hydrogens (primary N) is 1. The fraction of sp³-hybridized carbons (Fsp3) is 0.0909. The smallest absolute Gasteiger partial charge is 0.238 e. The molecule has 0 fully saturated rings. The van der Waals surface area contributed by atoms with Gasteiger partial charge in [0.1, 0.15) is 4.88 Å². The van der Waals surface area contributed by atoms with Crippen LogP contribution in [0.2, 0.25) is 0 Å². The Labute approximate surface area is 124 Å². The fourth-order valence-electron chi connectivity index (χ4n) is 1.40. The van der Waals surface area contributed by atoms with E-state index in [1.165, 1.54) is 46.4 Å². The number of aromatic nitrogens is 1. The lowest BCUT2D eigenvalue weighted by Gasteiger charge is -1.98. The van der Waals surface area contributed by atoms with Crippen molar-refractivity contribution in [3.05, 3.63) is 33.1 Å². The van der Waals surface area contributed by atoms with E-state index in [1.807, 2.05) is 0 Å². The largest absolute Gasteiger partial charge is 0.493 e. The van der Waals surface area contributed by atoms with Crippen LogP contribution in [0.15, 0.2) is 34.2 Å². The average Bonchev–Trinajstić information content (AvgIpc) is 2.63. The SMILES string of the molecule is Cn1c(O)c(C=Nc2ccc(S(N)(=O)=O)cc2)sc1=S. The number of rotatable bonds is 3. The number of benzene rings is 1. The Balaban J connectivity index is 2.28. The molecule has 0 unspecified atom stereocenters. The zero-order valence-electron chi connectivity index (χ0n) is 10.3. The maximum absolute atomic E-state index is 11.1. The van der Waals surface area contributed by atoms with Crippen molar-refractivity contribution >= 4 is 45.5 Å². The van der Waals surface area contributed by atoms with Gasteiger partial charge in [-0.25, -0.2) is 13.6 Å². The molecule has 0 amide bonds. The second-order valence-electron chi connectivity index (χ2n) is 3.91. The zero-order valence-corrected chi connectivity index (χ0v) is 12.8. The van der Waals surface area contributed by atoms with E-state index in [0.29, 0.717) is 14.5 Å². The van der Waals surface area contributed by atoms with Gasteiger partial charge in [0.2, 0.25) is 15.9 Å². The molecule has 0 radical (unpaired) electrons. The van der Waals surface area contributed by atoms with E-state index in [0.717, 1.165) is 0 Å². The molecule has 0 bridgehead atoms. The maximum atomic E-state index is 11.1. The number of thiazole rings is 1. The summed E-state index contributed by atoms with van der Waals surface area (Å²) in [6.07, 6.45) is 1.47. The van der Waals surface area contributed by atoms with Gasteiger partial charge < -0.3 is 5.11 Å². The van der Waals surface area contributed by atoms with E-state index in [4.69, 9.17) is 17.4 Å². The molecular formula is C11H11N3O3S3. The van der Waals surface area contributed by atoms with Crippen LogP contribution in [0.5, 0.6) is 5.88 Å². The number of aliphatic imine (C=N–C) groups is 1. The Morgan fingerprint density at radius 2 is 2.00 bits per heavy atom. The second kappa shape index (κ2) is 5.44. The molecule has 0 saturated heterocycles. The Bertz CT molecular complexity index is 817. The first kappa shape index (κ1) is 14.9. The molecule has 0 spiro atoms. The van der Waals surface area contributed by atoms with Gasteiger partial charge in [-0.2, -0.15) is 0 Å². The van der Waals surface area contributed by atoms with Gasteiger partial charge in [-0.15, -0.1) is 0 Å². The molecule has 9 heteroatoms. The minimum absolute atomic E-state index is 0.0228. The molecule has 3 N–H and O–H groups in total. The fourth-order valence-corrected chi connectivity index (χ4v) is 3.02. The molecule has 0 aliphatic rings. The summed E-state index contributed by atoms with van der Waals surface area (Å²) in [5.41, 5.74) is 0.541. The third-order valence-electron chi connectivity index (χ3n) is 2.51. The van der Waals surface area contributed by atoms with Crippen molar-refractivity contribution in [2.24, 2.45) is 17.2 Å². The van der Waals surface area contributed by atoms with Crippen molar-refractivity contribution < 1.29 is 13.5 Å². The van der Waals surface area contributed by atoms with Crippen molar-refractivity contribution in [1.29, 1.82) is 0 Å². The van der Waals surface area contributed by atoms with Crippen LogP contribution in [0.25, 0.3) is 0 Å². The van der Waals surface area contributed by atoms with Crippen LogP contribution in [0, 0.1) is 3.95 Å². The summed E-state index contributed by atoms with van der Waals surface area (Å²) >= 11 is 6.26. The summed E-state index contributed by atoms with van der Waals surface area (Å²) in [7, 11) is -2.04. The number of nitrogens with zero attached hydrogens (tertiary/aromatic N) is 2. The highest BCUT2D eigenvalue weighted by atomic mass is 32.2. The van der Waals surface area contributed by atoms with Crippen molar-refractivity contribution in [3.8, 4) is 5.88 Å². The molecule has 106 valence electrons. The predicted molar refractivity (Wildman–Crippen MR) is 80.9 cm³/mol. The number of hydrogen-bond acceptors (Lipinski definition) is 6. The summed E-state index contributed by atoms with van der Waals surface area (Å²) in [5, 5.41) is 14.8. The highest BCUT2D eigenvalue weighted by Crippen LogP contribution is 2.23. The van der Waals surface area contributed by atoms with Crippen molar-refractivity contribution in [1.82, 2.24) is 4.57 Å². The number of hydrogen-bond donors (Lipinski definition) is 2. The number of aromatic hydroxyl groups is 1. The van der Waals surface area contributed by atoms with E-state index >= 15 is 0 Å². The topological polar surface area (TPSA) is 97.7 Å². The van der Waals surface area contributed by atoms with E-state index in [1.54, 1.807) is 7.05 Å². The third-order valence-corrected chi connectivity index (χ3v) is 4.91. The van der Waals surface area contributed by atoms with Gasteiger partial charge in [0, 0.05) is 7.05 Å². The first-order valence-electron chi connectivity index (χ1n) is 5.35. The molecule has 1 aromatic carbocycles. The molecule has 2 aromatic rings. The lowest BCUT2D eigenvalue weighted by molar-refractivity contribution is 0.430. The van der Waals surface area contributed by atoms with Gasteiger partial charge in [0.05, 0.1) is 16.8 Å². The Morgan fingerprint density at radius 3 is 2.45 bits per heavy atom. The predicted octanol–water partition coefficient (Wildman–Crippen LogP) is 1.92. The van der Waals surface area contributed by atoms with E-state index < -0.39 is 10.0 Å². The van der Waals surface area contributed by atoms with Crippen molar-refractivity contribution in [3.63, 3.8) is 0 Å². The standard InChI is InChI=1S/C11H11N3O3S3/c1-14-10(15)9(19-11(14)18)6-13-7-2-4-8(5-3-7)20(12,16)17/h2-6,15H,1H3,(H2,12,16,17). The van der Waals surface area contributed by atoms with Crippen LogP contribution in [0.3, 0.4) is 0 Å². The van der Waals surface area contributed by atoms with Gasteiger partial charge in [-0.3, -0.25) is 9.56 Å². The molecule has 20 heavy (non-hydrogen) atoms. The monoisotopic (exact) mass is 329 g/mol. The summed E-state index contributed by atoms with van der Waals surface area (Å²) < 4.78 is 24.2. The quantitative estimate of drug-likeness (QED) is 0.664. The number of sulfonamides is 1. The van der Waals surface area contributed by atoms with Crippen LogP contribution in [-0.4, -0.2) is 24.3 Å². The normalized spacial score (nSPS) is 12.1. The summed E-state index contributed by atoms with van der Waals surface area (Å²) in [6, 6.07) is 5.79. The molecule has 6 nitrogen and oxygen atoms in total. The van der Waals surface area contributed by atoms with Gasteiger partial charge >= 0.3 is 0 Å². The van der Waals surface area contributed by atoms with E-state index in [9.17, 15) is 13.5 Å². The Hall–Kier alpha value is -1.55. The molecule has 0 aliphatic heterocycles. The average molecular weight is 329 g/mol. The zero-order chi connectivity index (χ0) is 14.9. The molecule has 1 aromatic heterocycles. The van der Waals surface area contributed by atoms with Crippen molar-refractivity contribution in [2.45, 2.75) is 4.90 Å². The van der Waals surface area contributed by atoms with Gasteiger partial charge in [0.15, 0.2) is 3.95 Å². The Morgan fingerprint density at radius 1 is 1.40 bits per heavy atom. The number of primary sulfonamides is 1. The highest BCUT2D eigenvalue weighted by molar-refractivity contribution is 7.89. The molecule has 0 aliphatic carbocycles. The summed E-state index contributed by atoms with van der Waals surface area (Å²) in [4.78, 5) is 4.70. The van der Waals surface area contributed by atoms with Crippen LogP contribution >= 0.6 is 23.6 Å².